The van der Waals surface area contributed by atoms with E-state index in [1.165, 1.54) is 0 Å². The third-order valence-corrected chi connectivity index (χ3v) is 2.15. The van der Waals surface area contributed by atoms with E-state index in [1.54, 1.807) is 17.1 Å². The van der Waals surface area contributed by atoms with Gasteiger partial charge in [0.25, 0.3) is 0 Å². The van der Waals surface area contributed by atoms with Crippen molar-refractivity contribution in [3.63, 3.8) is 0 Å². The minimum atomic E-state index is 0.661. The third kappa shape index (κ3) is 2.07. The summed E-state index contributed by atoms with van der Waals surface area (Å²) < 4.78 is 7.34. The number of aryl methyl sites for hydroxylation is 1. The fourth-order valence-corrected chi connectivity index (χ4v) is 1.36. The molecule has 15 heavy (non-hydrogen) atoms. The van der Waals surface area contributed by atoms with Crippen molar-refractivity contribution in [2.24, 2.45) is 7.05 Å². The molecule has 2 heterocycles. The minimum absolute atomic E-state index is 0.661. The van der Waals surface area contributed by atoms with Gasteiger partial charge < -0.3 is 9.73 Å². The minimum Gasteiger partial charge on any atom is -0.438 e. The van der Waals surface area contributed by atoms with Crippen molar-refractivity contribution in [2.75, 3.05) is 6.54 Å². The summed E-state index contributed by atoms with van der Waals surface area (Å²) in [4.78, 5) is 4.18. The van der Waals surface area contributed by atoms with E-state index in [2.05, 4.69) is 15.4 Å². The molecule has 0 aliphatic rings. The number of rotatable bonds is 4. The smallest absolute Gasteiger partial charge is 0.208 e. The maximum absolute atomic E-state index is 5.58. The summed E-state index contributed by atoms with van der Waals surface area (Å²) in [5.41, 5.74) is 0.935. The third-order valence-electron chi connectivity index (χ3n) is 2.15. The highest BCUT2D eigenvalue weighted by Gasteiger charge is 2.08. The topological polar surface area (TPSA) is 55.9 Å². The molecule has 1 N–H and O–H groups in total. The van der Waals surface area contributed by atoms with E-state index in [1.807, 2.05) is 20.0 Å². The first-order valence-electron chi connectivity index (χ1n) is 4.95. The van der Waals surface area contributed by atoms with Crippen molar-refractivity contribution < 1.29 is 4.42 Å². The fourth-order valence-electron chi connectivity index (χ4n) is 1.36. The molecule has 0 spiro atoms. The van der Waals surface area contributed by atoms with Crippen LogP contribution in [0.4, 0.5) is 0 Å². The molecule has 2 aromatic rings. The van der Waals surface area contributed by atoms with Crippen molar-refractivity contribution in [3.05, 3.63) is 24.4 Å². The Morgan fingerprint density at radius 2 is 2.40 bits per heavy atom. The van der Waals surface area contributed by atoms with Crippen LogP contribution in [0.1, 0.15) is 12.8 Å². The van der Waals surface area contributed by atoms with Gasteiger partial charge in [-0.05, 0) is 12.6 Å². The van der Waals surface area contributed by atoms with Crippen molar-refractivity contribution in [3.8, 4) is 11.5 Å². The molecule has 0 saturated carbocycles. The maximum Gasteiger partial charge on any atom is 0.208 e. The van der Waals surface area contributed by atoms with E-state index in [0.717, 1.165) is 18.0 Å². The number of hydrogen-bond acceptors (Lipinski definition) is 4. The number of oxazole rings is 1. The van der Waals surface area contributed by atoms with Gasteiger partial charge in [-0.15, -0.1) is 0 Å². The van der Waals surface area contributed by atoms with Crippen LogP contribution in [-0.4, -0.2) is 21.3 Å². The second kappa shape index (κ2) is 4.27. The molecular formula is C10H14N4O. The Morgan fingerprint density at radius 1 is 1.53 bits per heavy atom. The molecule has 0 unspecified atom stereocenters. The second-order valence-corrected chi connectivity index (χ2v) is 3.24. The Labute approximate surface area is 88.1 Å². The van der Waals surface area contributed by atoms with Crippen molar-refractivity contribution in [1.29, 1.82) is 0 Å². The van der Waals surface area contributed by atoms with Crippen LogP contribution in [0, 0.1) is 0 Å². The van der Waals surface area contributed by atoms with Gasteiger partial charge in [-0.25, -0.2) is 4.98 Å². The molecule has 0 aromatic carbocycles. The molecule has 5 nitrogen and oxygen atoms in total. The first kappa shape index (κ1) is 9.92. The highest BCUT2D eigenvalue weighted by atomic mass is 16.4. The van der Waals surface area contributed by atoms with E-state index < -0.39 is 0 Å². The summed E-state index contributed by atoms with van der Waals surface area (Å²) in [5.74, 6) is 1.45. The predicted molar refractivity (Wildman–Crippen MR) is 56.1 cm³/mol. The first-order chi connectivity index (χ1) is 7.31. The predicted octanol–water partition coefficient (Wildman–Crippen LogP) is 1.18. The van der Waals surface area contributed by atoms with Crippen LogP contribution < -0.4 is 5.32 Å². The van der Waals surface area contributed by atoms with Gasteiger partial charge in [0.05, 0.1) is 12.7 Å². The zero-order chi connectivity index (χ0) is 10.7. The van der Waals surface area contributed by atoms with Crippen molar-refractivity contribution >= 4 is 0 Å². The summed E-state index contributed by atoms with van der Waals surface area (Å²) in [5, 5.41) is 7.24. The van der Waals surface area contributed by atoms with Crippen LogP contribution in [0.3, 0.4) is 0 Å². The lowest BCUT2D eigenvalue weighted by Crippen LogP contribution is -2.11. The SMILES string of the molecule is CCNCc1ncc(-c2ccnn2C)o1. The van der Waals surface area contributed by atoms with Gasteiger partial charge in [0.2, 0.25) is 5.89 Å². The van der Waals surface area contributed by atoms with Crippen LogP contribution in [0.25, 0.3) is 11.5 Å². The molecule has 0 amide bonds. The Hall–Kier alpha value is -1.62. The van der Waals surface area contributed by atoms with Crippen LogP contribution in [-0.2, 0) is 13.6 Å². The molecule has 2 rings (SSSR count). The average molecular weight is 206 g/mol. The summed E-state index contributed by atoms with van der Waals surface area (Å²) in [6.07, 6.45) is 3.46. The van der Waals surface area contributed by atoms with Gasteiger partial charge in [-0.3, -0.25) is 4.68 Å². The van der Waals surface area contributed by atoms with Crippen LogP contribution in [0.5, 0.6) is 0 Å². The molecule has 2 aromatic heterocycles. The number of aromatic nitrogens is 3. The highest BCUT2D eigenvalue weighted by molar-refractivity contribution is 5.50. The number of nitrogens with zero attached hydrogens (tertiary/aromatic N) is 3. The summed E-state index contributed by atoms with van der Waals surface area (Å²) >= 11 is 0. The molecule has 0 atom stereocenters. The van der Waals surface area contributed by atoms with Gasteiger partial charge in [0, 0.05) is 13.2 Å². The Kier molecular flexibility index (Phi) is 2.82. The number of hydrogen-bond donors (Lipinski definition) is 1. The standard InChI is InChI=1S/C10H14N4O/c1-3-11-7-10-12-6-9(15-10)8-4-5-13-14(8)2/h4-6,11H,3,7H2,1-2H3. The summed E-state index contributed by atoms with van der Waals surface area (Å²) in [7, 11) is 1.88. The van der Waals surface area contributed by atoms with E-state index in [4.69, 9.17) is 4.42 Å². The average Bonchev–Trinajstić information content (AvgIpc) is 2.83. The van der Waals surface area contributed by atoms with Crippen molar-refractivity contribution in [1.82, 2.24) is 20.1 Å². The van der Waals surface area contributed by atoms with Gasteiger partial charge in [-0.1, -0.05) is 6.92 Å². The molecule has 0 radical (unpaired) electrons. The molecule has 80 valence electrons. The van der Waals surface area contributed by atoms with Crippen molar-refractivity contribution in [2.45, 2.75) is 13.5 Å². The fraction of sp³-hybridized carbons (Fsp3) is 0.400. The van der Waals surface area contributed by atoms with Gasteiger partial charge in [0.15, 0.2) is 5.76 Å². The first-order valence-corrected chi connectivity index (χ1v) is 4.95. The van der Waals surface area contributed by atoms with Crippen LogP contribution in [0.2, 0.25) is 0 Å². The lowest BCUT2D eigenvalue weighted by atomic mass is 10.3. The quantitative estimate of drug-likeness (QED) is 0.816. The van der Waals surface area contributed by atoms with Gasteiger partial charge >= 0.3 is 0 Å². The van der Waals surface area contributed by atoms with Gasteiger partial charge in [0.1, 0.15) is 5.69 Å². The van der Waals surface area contributed by atoms with E-state index in [0.29, 0.717) is 12.4 Å². The Morgan fingerprint density at radius 3 is 3.07 bits per heavy atom. The summed E-state index contributed by atoms with van der Waals surface area (Å²) in [6, 6.07) is 1.90. The monoisotopic (exact) mass is 206 g/mol. The molecule has 0 bridgehead atoms. The lowest BCUT2D eigenvalue weighted by Gasteiger charge is -1.97. The van der Waals surface area contributed by atoms with Gasteiger partial charge in [-0.2, -0.15) is 5.10 Å². The molecule has 0 saturated heterocycles. The van der Waals surface area contributed by atoms with Crippen LogP contribution in [0.15, 0.2) is 22.9 Å². The lowest BCUT2D eigenvalue weighted by molar-refractivity contribution is 0.479. The molecule has 5 heteroatoms. The largest absolute Gasteiger partial charge is 0.438 e. The second-order valence-electron chi connectivity index (χ2n) is 3.24. The maximum atomic E-state index is 5.58. The van der Waals surface area contributed by atoms with Crippen LogP contribution >= 0.6 is 0 Å². The normalized spacial score (nSPS) is 10.8. The molecule has 0 aliphatic heterocycles. The Bertz CT molecular complexity index is 432. The van der Waals surface area contributed by atoms with E-state index >= 15 is 0 Å². The molecule has 0 fully saturated rings. The number of nitrogens with one attached hydrogen (secondary N) is 1. The zero-order valence-corrected chi connectivity index (χ0v) is 8.90. The zero-order valence-electron chi connectivity index (χ0n) is 8.90. The Balaban J connectivity index is 2.17. The summed E-state index contributed by atoms with van der Waals surface area (Å²) in [6.45, 7) is 3.61. The van der Waals surface area contributed by atoms with E-state index in [9.17, 15) is 0 Å². The molecule has 0 aliphatic carbocycles. The highest BCUT2D eigenvalue weighted by Crippen LogP contribution is 2.18. The molecular weight excluding hydrogens is 192 g/mol. The van der Waals surface area contributed by atoms with E-state index in [-0.39, 0.29) is 0 Å².